The highest BCUT2D eigenvalue weighted by atomic mass is 32.2. The van der Waals surface area contributed by atoms with Gasteiger partial charge < -0.3 is 10.1 Å². The molecule has 0 radical (unpaired) electrons. The van der Waals surface area contributed by atoms with Crippen molar-refractivity contribution < 1.29 is 22.9 Å². The minimum atomic E-state index is -1.31. The largest absolute Gasteiger partial charge is 0.449 e. The number of hydrogen-bond acceptors (Lipinski definition) is 4. The molecule has 2 aromatic rings. The van der Waals surface area contributed by atoms with E-state index in [4.69, 9.17) is 4.74 Å². The number of ether oxygens (including phenoxy) is 1. The number of hydrogen-bond donors (Lipinski definition) is 1. The molecule has 1 amide bonds. The average Bonchev–Trinajstić information content (AvgIpc) is 2.66. The Morgan fingerprint density at radius 3 is 2.46 bits per heavy atom. The third kappa shape index (κ3) is 5.23. The molecule has 0 aliphatic rings. The number of esters is 1. The van der Waals surface area contributed by atoms with Crippen LogP contribution in [0.15, 0.2) is 53.4 Å². The molecule has 0 bridgehead atoms. The molecule has 138 valence electrons. The lowest BCUT2D eigenvalue weighted by atomic mass is 10.2. The van der Waals surface area contributed by atoms with Crippen LogP contribution in [-0.4, -0.2) is 27.9 Å². The van der Waals surface area contributed by atoms with Crippen molar-refractivity contribution >= 4 is 22.7 Å². The molecule has 7 heteroatoms. The first-order valence-electron chi connectivity index (χ1n) is 8.13. The van der Waals surface area contributed by atoms with Crippen LogP contribution in [0.5, 0.6) is 0 Å². The van der Waals surface area contributed by atoms with Gasteiger partial charge in [0.2, 0.25) is 0 Å². The topological polar surface area (TPSA) is 72.5 Å². The highest BCUT2D eigenvalue weighted by molar-refractivity contribution is 7.85. The van der Waals surface area contributed by atoms with Gasteiger partial charge in [0.15, 0.2) is 6.10 Å². The number of benzene rings is 2. The van der Waals surface area contributed by atoms with Crippen LogP contribution in [0.3, 0.4) is 0 Å². The first-order chi connectivity index (χ1) is 12.4. The van der Waals surface area contributed by atoms with Gasteiger partial charge in [0, 0.05) is 12.3 Å². The van der Waals surface area contributed by atoms with Crippen molar-refractivity contribution in [1.29, 1.82) is 0 Å². The number of nitrogens with one attached hydrogen (secondary N) is 1. The van der Waals surface area contributed by atoms with E-state index in [9.17, 15) is 18.2 Å². The van der Waals surface area contributed by atoms with Crippen molar-refractivity contribution in [3.63, 3.8) is 0 Å². The van der Waals surface area contributed by atoms with E-state index in [-0.39, 0.29) is 17.9 Å². The molecular weight excluding hydrogens is 357 g/mol. The molecule has 1 N–H and O–H groups in total. The third-order valence-corrected chi connectivity index (χ3v) is 5.02. The maximum atomic E-state index is 12.9. The zero-order chi connectivity index (χ0) is 19.1. The summed E-state index contributed by atoms with van der Waals surface area (Å²) in [4.78, 5) is 24.8. The summed E-state index contributed by atoms with van der Waals surface area (Å²) in [6.07, 6.45) is -1.02. The van der Waals surface area contributed by atoms with Crippen molar-refractivity contribution in [2.45, 2.75) is 31.4 Å². The Morgan fingerprint density at radius 2 is 1.81 bits per heavy atom. The fourth-order valence-electron chi connectivity index (χ4n) is 2.20. The number of carbonyl (C=O) groups is 2. The van der Waals surface area contributed by atoms with Crippen LogP contribution >= 0.6 is 0 Å². The van der Waals surface area contributed by atoms with Crippen LogP contribution in [-0.2, 0) is 26.9 Å². The maximum Gasteiger partial charge on any atom is 0.340 e. The minimum Gasteiger partial charge on any atom is -0.449 e. The van der Waals surface area contributed by atoms with Gasteiger partial charge >= 0.3 is 5.97 Å². The molecule has 0 heterocycles. The molecule has 0 spiro atoms. The van der Waals surface area contributed by atoms with Gasteiger partial charge in [-0.2, -0.15) is 0 Å². The first kappa shape index (κ1) is 19.8. The molecule has 0 fully saturated rings. The summed E-state index contributed by atoms with van der Waals surface area (Å²) in [5.74, 6) is -1.16. The lowest BCUT2D eigenvalue weighted by Crippen LogP contribution is -2.35. The van der Waals surface area contributed by atoms with E-state index in [2.05, 4.69) is 5.32 Å². The molecule has 0 aliphatic carbocycles. The van der Waals surface area contributed by atoms with Crippen LogP contribution in [0.25, 0.3) is 0 Å². The third-order valence-electron chi connectivity index (χ3n) is 3.65. The molecule has 2 aromatic carbocycles. The first-order valence-corrected chi connectivity index (χ1v) is 9.44. The van der Waals surface area contributed by atoms with Gasteiger partial charge in [0.05, 0.1) is 21.3 Å². The molecule has 0 saturated carbocycles. The predicted octanol–water partition coefficient (Wildman–Crippen LogP) is 2.81. The highest BCUT2D eigenvalue weighted by Crippen LogP contribution is 2.16. The van der Waals surface area contributed by atoms with E-state index in [0.717, 1.165) is 5.56 Å². The van der Waals surface area contributed by atoms with Crippen molar-refractivity contribution in [2.75, 3.05) is 5.75 Å². The molecule has 2 rings (SSSR count). The summed E-state index contributed by atoms with van der Waals surface area (Å²) >= 11 is 0. The smallest absolute Gasteiger partial charge is 0.340 e. The van der Waals surface area contributed by atoms with Crippen molar-refractivity contribution in [3.8, 4) is 0 Å². The summed E-state index contributed by atoms with van der Waals surface area (Å²) in [6, 6.07) is 12.2. The van der Waals surface area contributed by atoms with Crippen molar-refractivity contribution in [2.24, 2.45) is 0 Å². The normalized spacial score (nSPS) is 12.9. The number of amides is 1. The number of halogens is 1. The summed E-state index contributed by atoms with van der Waals surface area (Å²) in [7, 11) is -1.31. The molecule has 2 atom stereocenters. The molecule has 26 heavy (non-hydrogen) atoms. The summed E-state index contributed by atoms with van der Waals surface area (Å²) in [6.45, 7) is 3.40. The van der Waals surface area contributed by atoms with Gasteiger partial charge in [-0.3, -0.25) is 9.00 Å². The van der Waals surface area contributed by atoms with Crippen LogP contribution in [0.4, 0.5) is 4.39 Å². The van der Waals surface area contributed by atoms with Gasteiger partial charge in [0.25, 0.3) is 5.91 Å². The Kier molecular flexibility index (Phi) is 7.03. The van der Waals surface area contributed by atoms with E-state index in [0.29, 0.717) is 10.6 Å². The fourth-order valence-corrected chi connectivity index (χ4v) is 3.14. The minimum absolute atomic E-state index is 0.186. The Morgan fingerprint density at radius 1 is 1.15 bits per heavy atom. The monoisotopic (exact) mass is 377 g/mol. The second kappa shape index (κ2) is 9.24. The van der Waals surface area contributed by atoms with E-state index >= 15 is 0 Å². The van der Waals surface area contributed by atoms with E-state index in [1.165, 1.54) is 25.1 Å². The van der Waals surface area contributed by atoms with Gasteiger partial charge in [-0.1, -0.05) is 31.2 Å². The second-order valence-electron chi connectivity index (χ2n) is 5.52. The standard InChI is InChI=1S/C19H20FNO4S/c1-3-26(24)17-7-5-4-6-16(17)19(23)25-13(2)18(22)21-12-14-8-10-15(20)11-9-14/h4-11,13H,3,12H2,1-2H3,(H,21,22)/t13-,26-/m0/s1. The van der Waals surface area contributed by atoms with E-state index < -0.39 is 28.8 Å². The number of carbonyl (C=O) groups excluding carboxylic acids is 2. The van der Waals surface area contributed by atoms with Crippen molar-refractivity contribution in [3.05, 3.63) is 65.5 Å². The lowest BCUT2D eigenvalue weighted by Gasteiger charge is -2.15. The molecule has 0 aliphatic heterocycles. The predicted molar refractivity (Wildman–Crippen MR) is 96.5 cm³/mol. The molecule has 5 nitrogen and oxygen atoms in total. The Balaban J connectivity index is 1.97. The molecule has 0 aromatic heterocycles. The second-order valence-corrected chi connectivity index (χ2v) is 7.23. The lowest BCUT2D eigenvalue weighted by molar-refractivity contribution is -0.129. The van der Waals surface area contributed by atoms with Gasteiger partial charge in [-0.25, -0.2) is 9.18 Å². The van der Waals surface area contributed by atoms with Gasteiger partial charge in [-0.05, 0) is 36.8 Å². The molecular formula is C19H20FNO4S. The fraction of sp³-hybridized carbons (Fsp3) is 0.263. The Hall–Kier alpha value is -2.54. The zero-order valence-electron chi connectivity index (χ0n) is 14.5. The Bertz CT molecular complexity index is 807. The summed E-state index contributed by atoms with van der Waals surface area (Å²) in [5, 5.41) is 2.62. The van der Waals surface area contributed by atoms with E-state index in [1.54, 1.807) is 37.3 Å². The van der Waals surface area contributed by atoms with Gasteiger partial charge in [-0.15, -0.1) is 0 Å². The number of rotatable bonds is 7. The summed E-state index contributed by atoms with van der Waals surface area (Å²) in [5.41, 5.74) is 0.910. The van der Waals surface area contributed by atoms with Crippen molar-refractivity contribution in [1.82, 2.24) is 5.32 Å². The SMILES string of the molecule is CC[S@](=O)c1ccccc1C(=O)O[C@@H](C)C(=O)NCc1ccc(F)cc1. The highest BCUT2D eigenvalue weighted by Gasteiger charge is 2.21. The molecule has 0 saturated heterocycles. The molecule has 0 unspecified atom stereocenters. The Labute approximate surface area is 154 Å². The quantitative estimate of drug-likeness (QED) is 0.753. The van der Waals surface area contributed by atoms with Crippen LogP contribution in [0, 0.1) is 5.82 Å². The average molecular weight is 377 g/mol. The van der Waals surface area contributed by atoms with E-state index in [1.807, 2.05) is 0 Å². The summed E-state index contributed by atoms with van der Waals surface area (Å²) < 4.78 is 30.1. The van der Waals surface area contributed by atoms with Crippen LogP contribution in [0.1, 0.15) is 29.8 Å². The van der Waals surface area contributed by atoms with Crippen LogP contribution < -0.4 is 5.32 Å². The van der Waals surface area contributed by atoms with Gasteiger partial charge in [0.1, 0.15) is 5.82 Å². The zero-order valence-corrected chi connectivity index (χ0v) is 15.3. The van der Waals surface area contributed by atoms with Crippen LogP contribution in [0.2, 0.25) is 0 Å². The maximum absolute atomic E-state index is 12.9.